The molecule has 0 aromatic heterocycles. The van der Waals surface area contributed by atoms with Crippen molar-refractivity contribution < 1.29 is 14.3 Å². The molecule has 0 aliphatic carbocycles. The summed E-state index contributed by atoms with van der Waals surface area (Å²) in [7, 11) is 1.43. The van der Waals surface area contributed by atoms with Gasteiger partial charge in [0.2, 0.25) is 5.91 Å². The molecule has 0 fully saturated rings. The standard InChI is InChI=1S/C15H23N3O3/c1-15(2,3)14(20)18-11-7-5-6-10(8-11)17-13(19)12(9-16)21-4/h5-8,12H,9,16H2,1-4H3,(H,17,19)(H,18,20). The number of carbonyl (C=O) groups is 2. The molecule has 4 N–H and O–H groups in total. The SMILES string of the molecule is COC(CN)C(=O)Nc1cccc(NC(=O)C(C)(C)C)c1. The Morgan fingerprint density at radius 2 is 1.81 bits per heavy atom. The summed E-state index contributed by atoms with van der Waals surface area (Å²) in [5, 5.41) is 5.51. The number of hydrogen-bond acceptors (Lipinski definition) is 4. The van der Waals surface area contributed by atoms with Gasteiger partial charge in [-0.05, 0) is 18.2 Å². The Kier molecular flexibility index (Phi) is 5.87. The highest BCUT2D eigenvalue weighted by Gasteiger charge is 2.21. The molecule has 0 bridgehead atoms. The molecule has 0 saturated carbocycles. The highest BCUT2D eigenvalue weighted by atomic mass is 16.5. The van der Waals surface area contributed by atoms with Crippen LogP contribution in [0.1, 0.15) is 20.8 Å². The fourth-order valence-corrected chi connectivity index (χ4v) is 1.53. The number of nitrogens with one attached hydrogen (secondary N) is 2. The minimum absolute atomic E-state index is 0.0947. The van der Waals surface area contributed by atoms with Crippen LogP contribution in [0.2, 0.25) is 0 Å². The Morgan fingerprint density at radius 1 is 1.24 bits per heavy atom. The van der Waals surface area contributed by atoms with E-state index in [1.165, 1.54) is 7.11 Å². The Hall–Kier alpha value is -1.92. The summed E-state index contributed by atoms with van der Waals surface area (Å²) in [4.78, 5) is 23.8. The third-order valence-electron chi connectivity index (χ3n) is 2.86. The molecule has 6 heteroatoms. The fraction of sp³-hybridized carbons (Fsp3) is 0.467. The van der Waals surface area contributed by atoms with Gasteiger partial charge < -0.3 is 21.1 Å². The lowest BCUT2D eigenvalue weighted by molar-refractivity contribution is -0.125. The van der Waals surface area contributed by atoms with E-state index in [1.54, 1.807) is 24.3 Å². The Morgan fingerprint density at radius 3 is 2.29 bits per heavy atom. The van der Waals surface area contributed by atoms with Crippen LogP contribution in [-0.4, -0.2) is 31.6 Å². The number of carbonyl (C=O) groups excluding carboxylic acids is 2. The minimum atomic E-state index is -0.696. The predicted octanol–water partition coefficient (Wildman–Crippen LogP) is 1.58. The highest BCUT2D eigenvalue weighted by Crippen LogP contribution is 2.20. The van der Waals surface area contributed by atoms with Crippen molar-refractivity contribution in [3.63, 3.8) is 0 Å². The topological polar surface area (TPSA) is 93.4 Å². The average molecular weight is 293 g/mol. The van der Waals surface area contributed by atoms with Crippen LogP contribution in [0, 0.1) is 5.41 Å². The van der Waals surface area contributed by atoms with Crippen LogP contribution >= 0.6 is 0 Å². The van der Waals surface area contributed by atoms with E-state index in [-0.39, 0.29) is 18.4 Å². The minimum Gasteiger partial charge on any atom is -0.370 e. The predicted molar refractivity (Wildman–Crippen MR) is 83.0 cm³/mol. The normalized spacial score (nSPS) is 12.6. The molecule has 21 heavy (non-hydrogen) atoms. The van der Waals surface area contributed by atoms with Gasteiger partial charge in [-0.2, -0.15) is 0 Å². The van der Waals surface area contributed by atoms with Gasteiger partial charge >= 0.3 is 0 Å². The summed E-state index contributed by atoms with van der Waals surface area (Å²) < 4.78 is 4.97. The number of methoxy groups -OCH3 is 1. The number of amides is 2. The van der Waals surface area contributed by atoms with Crippen molar-refractivity contribution in [1.82, 2.24) is 0 Å². The maximum Gasteiger partial charge on any atom is 0.254 e. The number of anilines is 2. The van der Waals surface area contributed by atoms with Crippen molar-refractivity contribution in [2.24, 2.45) is 11.1 Å². The first kappa shape index (κ1) is 17.1. The second-order valence-electron chi connectivity index (χ2n) is 5.73. The molecule has 1 aromatic carbocycles. The van der Waals surface area contributed by atoms with Crippen molar-refractivity contribution in [2.75, 3.05) is 24.3 Å². The van der Waals surface area contributed by atoms with Crippen molar-refractivity contribution in [2.45, 2.75) is 26.9 Å². The van der Waals surface area contributed by atoms with Crippen LogP contribution in [0.3, 0.4) is 0 Å². The molecular formula is C15H23N3O3. The summed E-state index contributed by atoms with van der Waals surface area (Å²) in [6.07, 6.45) is -0.696. The van der Waals surface area contributed by atoms with E-state index in [0.717, 1.165) is 0 Å². The number of benzene rings is 1. The van der Waals surface area contributed by atoms with Gasteiger partial charge in [-0.1, -0.05) is 26.8 Å². The van der Waals surface area contributed by atoms with Gasteiger partial charge in [0.1, 0.15) is 6.10 Å². The van der Waals surface area contributed by atoms with E-state index in [4.69, 9.17) is 10.5 Å². The van der Waals surface area contributed by atoms with Crippen LogP contribution in [0.5, 0.6) is 0 Å². The van der Waals surface area contributed by atoms with Crippen LogP contribution < -0.4 is 16.4 Å². The number of rotatable bonds is 5. The smallest absolute Gasteiger partial charge is 0.254 e. The van der Waals surface area contributed by atoms with Crippen molar-refractivity contribution in [3.8, 4) is 0 Å². The van der Waals surface area contributed by atoms with E-state index in [1.807, 2.05) is 20.8 Å². The van der Waals surface area contributed by atoms with E-state index in [0.29, 0.717) is 11.4 Å². The third-order valence-corrected chi connectivity index (χ3v) is 2.86. The zero-order valence-corrected chi connectivity index (χ0v) is 12.9. The molecule has 1 rings (SSSR count). The fourth-order valence-electron chi connectivity index (χ4n) is 1.53. The zero-order chi connectivity index (χ0) is 16.0. The molecule has 1 aromatic rings. The summed E-state index contributed by atoms with van der Waals surface area (Å²) in [5.41, 5.74) is 6.14. The Bertz CT molecular complexity index is 505. The van der Waals surface area contributed by atoms with Crippen molar-refractivity contribution in [3.05, 3.63) is 24.3 Å². The molecule has 0 heterocycles. The summed E-state index contributed by atoms with van der Waals surface area (Å²) in [6, 6.07) is 6.92. The molecule has 0 aliphatic rings. The van der Waals surface area contributed by atoms with E-state index < -0.39 is 11.5 Å². The molecule has 6 nitrogen and oxygen atoms in total. The highest BCUT2D eigenvalue weighted by molar-refractivity contribution is 5.97. The van der Waals surface area contributed by atoms with Crippen LogP contribution in [0.25, 0.3) is 0 Å². The molecule has 1 unspecified atom stereocenters. The third kappa shape index (κ3) is 5.17. The molecule has 2 amide bonds. The molecule has 116 valence electrons. The maximum atomic E-state index is 11.9. The molecule has 1 atom stereocenters. The van der Waals surface area contributed by atoms with Gasteiger partial charge in [-0.25, -0.2) is 0 Å². The lowest BCUT2D eigenvalue weighted by atomic mass is 9.95. The Labute approximate surface area is 125 Å². The molecular weight excluding hydrogens is 270 g/mol. The van der Waals surface area contributed by atoms with Crippen LogP contribution in [0.4, 0.5) is 11.4 Å². The average Bonchev–Trinajstić information content (AvgIpc) is 2.39. The molecule has 0 spiro atoms. The van der Waals surface area contributed by atoms with Gasteiger partial charge in [0.25, 0.3) is 5.91 Å². The van der Waals surface area contributed by atoms with E-state index in [2.05, 4.69) is 10.6 Å². The first-order valence-corrected chi connectivity index (χ1v) is 6.73. The van der Waals surface area contributed by atoms with Gasteiger partial charge in [0.15, 0.2) is 0 Å². The summed E-state index contributed by atoms with van der Waals surface area (Å²) in [5.74, 6) is -0.415. The first-order valence-electron chi connectivity index (χ1n) is 6.73. The lowest BCUT2D eigenvalue weighted by Crippen LogP contribution is -2.35. The first-order chi connectivity index (χ1) is 9.77. The summed E-state index contributed by atoms with van der Waals surface area (Å²) >= 11 is 0. The monoisotopic (exact) mass is 293 g/mol. The number of hydrogen-bond donors (Lipinski definition) is 3. The van der Waals surface area contributed by atoms with Gasteiger partial charge in [-0.15, -0.1) is 0 Å². The lowest BCUT2D eigenvalue weighted by Gasteiger charge is -2.18. The second-order valence-corrected chi connectivity index (χ2v) is 5.73. The quantitative estimate of drug-likeness (QED) is 0.768. The largest absolute Gasteiger partial charge is 0.370 e. The van der Waals surface area contributed by atoms with E-state index in [9.17, 15) is 9.59 Å². The molecule has 0 saturated heterocycles. The number of ether oxygens (including phenoxy) is 1. The molecule has 0 radical (unpaired) electrons. The van der Waals surface area contributed by atoms with Crippen molar-refractivity contribution >= 4 is 23.2 Å². The van der Waals surface area contributed by atoms with Crippen molar-refractivity contribution in [1.29, 1.82) is 0 Å². The second kappa shape index (κ2) is 7.19. The van der Waals surface area contributed by atoms with E-state index >= 15 is 0 Å². The van der Waals surface area contributed by atoms with Gasteiger partial charge in [0, 0.05) is 30.4 Å². The summed E-state index contributed by atoms with van der Waals surface area (Å²) in [6.45, 7) is 5.60. The van der Waals surface area contributed by atoms with Crippen LogP contribution in [-0.2, 0) is 14.3 Å². The van der Waals surface area contributed by atoms with Gasteiger partial charge in [0.05, 0.1) is 0 Å². The van der Waals surface area contributed by atoms with Gasteiger partial charge in [-0.3, -0.25) is 9.59 Å². The molecule has 0 aliphatic heterocycles. The number of nitrogens with two attached hydrogens (primary N) is 1. The van der Waals surface area contributed by atoms with Crippen LogP contribution in [0.15, 0.2) is 24.3 Å². The Balaban J connectivity index is 2.77. The zero-order valence-electron chi connectivity index (χ0n) is 12.9. The maximum absolute atomic E-state index is 11.9.